The number of hydrogen-bond acceptors (Lipinski definition) is 5. The monoisotopic (exact) mass is 890 g/mol. The van der Waals surface area contributed by atoms with Crippen molar-refractivity contribution in [1.29, 1.82) is 0 Å². The zero-order valence-electron chi connectivity index (χ0n) is 42.3. The number of aliphatic hydroxyl groups excluding tert-OH is 4. The highest BCUT2D eigenvalue weighted by Gasteiger charge is 2.28. The molecule has 0 bridgehead atoms. The van der Waals surface area contributed by atoms with Crippen LogP contribution in [0.3, 0.4) is 0 Å². The minimum atomic E-state index is -1.29. The maximum absolute atomic E-state index is 12.6. The average Bonchev–Trinajstić information content (AvgIpc) is 3.29. The third kappa shape index (κ3) is 45.7. The minimum Gasteiger partial charge on any atom is -0.394 e. The highest BCUT2D eigenvalue weighted by atomic mass is 16.3. The summed E-state index contributed by atoms with van der Waals surface area (Å²) in [5, 5.41) is 43.9. The number of carbonyl (C=O) groups excluding carboxylic acids is 1. The molecule has 4 unspecified atom stereocenters. The standard InChI is InChI=1S/C57H111NO5/c1-3-5-7-9-11-13-15-17-19-21-22-23-24-25-26-27-28-29-30-31-32-33-35-36-38-40-42-44-46-48-50-54(60)56(62)53(52-59)58-57(63)55(61)51-49-47-45-43-41-39-37-34-20-18-16-14-12-10-8-6-4-2/h35-36,42,44,53-56,59-62H,3-34,37-41,43,45-52H2,1-2H3,(H,58,63)/b36-35+,44-42+. The van der Waals surface area contributed by atoms with Crippen LogP contribution in [0.5, 0.6) is 0 Å². The Hall–Kier alpha value is -1.21. The third-order valence-corrected chi connectivity index (χ3v) is 13.4. The first-order valence-corrected chi connectivity index (χ1v) is 28.2. The maximum atomic E-state index is 12.6. The van der Waals surface area contributed by atoms with Crippen molar-refractivity contribution in [1.82, 2.24) is 5.32 Å². The molecule has 0 aromatic carbocycles. The molecular formula is C57H111NO5. The van der Waals surface area contributed by atoms with E-state index in [-0.39, 0.29) is 0 Å². The number of amides is 1. The molecule has 5 N–H and O–H groups in total. The summed E-state index contributed by atoms with van der Waals surface area (Å²) in [4.78, 5) is 12.6. The fourth-order valence-electron chi connectivity index (χ4n) is 8.95. The van der Waals surface area contributed by atoms with Gasteiger partial charge in [-0.2, -0.15) is 0 Å². The van der Waals surface area contributed by atoms with E-state index in [0.717, 1.165) is 38.5 Å². The molecule has 0 saturated heterocycles. The van der Waals surface area contributed by atoms with Crippen LogP contribution in [0.2, 0.25) is 0 Å². The second-order valence-corrected chi connectivity index (χ2v) is 19.6. The van der Waals surface area contributed by atoms with Crippen LogP contribution in [0.25, 0.3) is 0 Å². The van der Waals surface area contributed by atoms with Gasteiger partial charge in [0, 0.05) is 0 Å². The minimum absolute atomic E-state index is 0.364. The number of hydrogen-bond donors (Lipinski definition) is 5. The van der Waals surface area contributed by atoms with Crippen molar-refractivity contribution in [3.8, 4) is 0 Å². The summed E-state index contributed by atoms with van der Waals surface area (Å²) in [6.07, 6.45) is 62.6. The van der Waals surface area contributed by atoms with E-state index in [1.165, 1.54) is 231 Å². The first-order chi connectivity index (χ1) is 31.0. The Kier molecular flexibility index (Phi) is 50.8. The van der Waals surface area contributed by atoms with Crippen molar-refractivity contribution in [3.63, 3.8) is 0 Å². The number of rotatable bonds is 52. The summed E-state index contributed by atoms with van der Waals surface area (Å²) >= 11 is 0. The molecule has 0 aliphatic rings. The van der Waals surface area contributed by atoms with E-state index in [2.05, 4.69) is 43.5 Å². The SMILES string of the molecule is CCCCCCCCCCCCCCCCCCCCCCC/C=C/CC/C=C/CCCC(O)C(O)C(CO)NC(=O)C(O)CCCCCCCCCCCCCCCCCCC. The Morgan fingerprint density at radius 3 is 1.00 bits per heavy atom. The fraction of sp³-hybridized carbons (Fsp3) is 0.912. The summed E-state index contributed by atoms with van der Waals surface area (Å²) in [6, 6.07) is -1.01. The van der Waals surface area contributed by atoms with Gasteiger partial charge in [-0.3, -0.25) is 4.79 Å². The molecule has 0 aliphatic heterocycles. The first-order valence-electron chi connectivity index (χ1n) is 28.2. The average molecular weight is 891 g/mol. The second kappa shape index (κ2) is 51.8. The Balaban J connectivity index is 3.65. The lowest BCUT2D eigenvalue weighted by molar-refractivity contribution is -0.132. The van der Waals surface area contributed by atoms with Gasteiger partial charge in [0.2, 0.25) is 5.91 Å². The number of nitrogens with one attached hydrogen (secondary N) is 1. The van der Waals surface area contributed by atoms with E-state index in [4.69, 9.17) is 0 Å². The summed E-state index contributed by atoms with van der Waals surface area (Å²) in [5.41, 5.74) is 0. The Morgan fingerprint density at radius 2 is 0.667 bits per heavy atom. The number of allylic oxidation sites excluding steroid dienone is 4. The van der Waals surface area contributed by atoms with Crippen LogP contribution >= 0.6 is 0 Å². The fourth-order valence-corrected chi connectivity index (χ4v) is 8.95. The molecule has 63 heavy (non-hydrogen) atoms. The van der Waals surface area contributed by atoms with Gasteiger partial charge in [0.1, 0.15) is 12.2 Å². The molecule has 374 valence electrons. The van der Waals surface area contributed by atoms with Crippen molar-refractivity contribution < 1.29 is 25.2 Å². The van der Waals surface area contributed by atoms with Gasteiger partial charge in [0.15, 0.2) is 0 Å². The van der Waals surface area contributed by atoms with Crippen LogP contribution in [0, 0.1) is 0 Å². The lowest BCUT2D eigenvalue weighted by atomic mass is 10.00. The predicted molar refractivity (Wildman–Crippen MR) is 274 cm³/mol. The van der Waals surface area contributed by atoms with E-state index in [9.17, 15) is 25.2 Å². The smallest absolute Gasteiger partial charge is 0.249 e. The largest absolute Gasteiger partial charge is 0.394 e. The molecule has 0 heterocycles. The second-order valence-electron chi connectivity index (χ2n) is 19.6. The van der Waals surface area contributed by atoms with Gasteiger partial charge in [0.25, 0.3) is 0 Å². The van der Waals surface area contributed by atoms with Gasteiger partial charge in [-0.25, -0.2) is 0 Å². The Morgan fingerprint density at radius 1 is 0.381 bits per heavy atom. The Labute approximate surface area is 393 Å². The molecular weight excluding hydrogens is 779 g/mol. The van der Waals surface area contributed by atoms with Crippen LogP contribution in [-0.4, -0.2) is 57.3 Å². The van der Waals surface area contributed by atoms with E-state index in [1.807, 2.05) is 0 Å². The molecule has 0 aromatic heterocycles. The maximum Gasteiger partial charge on any atom is 0.249 e. The lowest BCUT2D eigenvalue weighted by Crippen LogP contribution is -2.53. The summed E-state index contributed by atoms with van der Waals surface area (Å²) in [6.45, 7) is 4.07. The van der Waals surface area contributed by atoms with Gasteiger partial charge in [-0.1, -0.05) is 276 Å². The van der Waals surface area contributed by atoms with Crippen molar-refractivity contribution in [2.45, 2.75) is 327 Å². The van der Waals surface area contributed by atoms with Gasteiger partial charge < -0.3 is 25.7 Å². The van der Waals surface area contributed by atoms with Gasteiger partial charge >= 0.3 is 0 Å². The number of carbonyl (C=O) groups is 1. The molecule has 0 aliphatic carbocycles. The van der Waals surface area contributed by atoms with E-state index < -0.39 is 36.9 Å². The van der Waals surface area contributed by atoms with Crippen molar-refractivity contribution in [2.24, 2.45) is 0 Å². The van der Waals surface area contributed by atoms with Crippen molar-refractivity contribution in [2.75, 3.05) is 6.61 Å². The van der Waals surface area contributed by atoms with Crippen LogP contribution in [-0.2, 0) is 4.79 Å². The van der Waals surface area contributed by atoms with Crippen molar-refractivity contribution >= 4 is 5.91 Å². The molecule has 0 radical (unpaired) electrons. The van der Waals surface area contributed by atoms with E-state index in [0.29, 0.717) is 19.3 Å². The third-order valence-electron chi connectivity index (χ3n) is 13.4. The molecule has 0 fully saturated rings. The molecule has 0 spiro atoms. The molecule has 6 nitrogen and oxygen atoms in total. The van der Waals surface area contributed by atoms with E-state index in [1.54, 1.807) is 0 Å². The molecule has 0 aromatic rings. The number of aliphatic hydroxyl groups is 4. The molecule has 1 amide bonds. The zero-order valence-corrected chi connectivity index (χ0v) is 42.3. The van der Waals surface area contributed by atoms with Crippen LogP contribution in [0.1, 0.15) is 303 Å². The Bertz CT molecular complexity index is 955. The van der Waals surface area contributed by atoms with Crippen LogP contribution < -0.4 is 5.32 Å². The highest BCUT2D eigenvalue weighted by Crippen LogP contribution is 2.18. The molecule has 0 saturated carbocycles. The van der Waals surface area contributed by atoms with Crippen LogP contribution in [0.4, 0.5) is 0 Å². The highest BCUT2D eigenvalue weighted by molar-refractivity contribution is 5.80. The normalized spacial score (nSPS) is 13.9. The van der Waals surface area contributed by atoms with E-state index >= 15 is 0 Å². The first kappa shape index (κ1) is 61.8. The lowest BCUT2D eigenvalue weighted by Gasteiger charge is -2.27. The zero-order chi connectivity index (χ0) is 45.9. The molecule has 4 atom stereocenters. The quantitative estimate of drug-likeness (QED) is 0.0309. The molecule has 0 rings (SSSR count). The van der Waals surface area contributed by atoms with Crippen molar-refractivity contribution in [3.05, 3.63) is 24.3 Å². The van der Waals surface area contributed by atoms with Gasteiger partial charge in [0.05, 0.1) is 18.8 Å². The molecule has 6 heteroatoms. The van der Waals surface area contributed by atoms with Gasteiger partial charge in [-0.15, -0.1) is 0 Å². The summed E-state index contributed by atoms with van der Waals surface area (Å²) in [5.74, 6) is -0.593. The predicted octanol–water partition coefficient (Wildman–Crippen LogP) is 16.3. The summed E-state index contributed by atoms with van der Waals surface area (Å²) in [7, 11) is 0. The van der Waals surface area contributed by atoms with Crippen LogP contribution in [0.15, 0.2) is 24.3 Å². The topological polar surface area (TPSA) is 110 Å². The van der Waals surface area contributed by atoms with Gasteiger partial charge in [-0.05, 0) is 51.4 Å². The summed E-state index contributed by atoms with van der Waals surface area (Å²) < 4.78 is 0. The number of unbranched alkanes of at least 4 members (excludes halogenated alkanes) is 39.